The van der Waals surface area contributed by atoms with Crippen molar-refractivity contribution >= 4 is 29.3 Å². The van der Waals surface area contributed by atoms with Crippen LogP contribution in [0, 0.1) is 23.2 Å². The van der Waals surface area contributed by atoms with Crippen LogP contribution in [0.5, 0.6) is 0 Å². The predicted molar refractivity (Wildman–Crippen MR) is 157 cm³/mol. The molecule has 1 fully saturated rings. The van der Waals surface area contributed by atoms with Gasteiger partial charge in [0.25, 0.3) is 0 Å². The lowest BCUT2D eigenvalue weighted by molar-refractivity contribution is -0.135. The number of anilines is 3. The molecule has 1 atom stereocenters. The number of rotatable bonds is 12. The molecule has 1 unspecified atom stereocenters. The third-order valence-corrected chi connectivity index (χ3v) is 6.17. The van der Waals surface area contributed by atoms with E-state index in [4.69, 9.17) is 5.26 Å². The Bertz CT molecular complexity index is 1270. The molecular formula is C30H38N8O2. The van der Waals surface area contributed by atoms with Gasteiger partial charge in [0.05, 0.1) is 23.4 Å². The van der Waals surface area contributed by atoms with E-state index in [1.807, 2.05) is 25.1 Å². The number of carbonyl (C=O) groups excluding carboxylic acids is 2. The van der Waals surface area contributed by atoms with E-state index in [9.17, 15) is 9.59 Å². The number of nitrogens with zero attached hydrogens (tertiary/aromatic N) is 5. The van der Waals surface area contributed by atoms with Gasteiger partial charge in [-0.15, -0.1) is 0 Å². The molecule has 0 spiro atoms. The summed E-state index contributed by atoms with van der Waals surface area (Å²) in [5, 5.41) is 18.4. The Morgan fingerprint density at radius 1 is 1.23 bits per heavy atom. The lowest BCUT2D eigenvalue weighted by Crippen LogP contribution is -2.45. The van der Waals surface area contributed by atoms with Crippen molar-refractivity contribution in [3.8, 4) is 17.9 Å². The maximum Gasteiger partial charge on any atom is 0.246 e. The van der Waals surface area contributed by atoms with Crippen molar-refractivity contribution in [3.63, 3.8) is 0 Å². The van der Waals surface area contributed by atoms with E-state index in [0.717, 1.165) is 25.1 Å². The maximum atomic E-state index is 12.7. The molecule has 210 valence electrons. The lowest BCUT2D eigenvalue weighted by Gasteiger charge is -2.22. The highest BCUT2D eigenvalue weighted by Gasteiger charge is 2.32. The van der Waals surface area contributed by atoms with Crippen molar-refractivity contribution < 1.29 is 9.59 Å². The van der Waals surface area contributed by atoms with Gasteiger partial charge < -0.3 is 25.8 Å². The van der Waals surface area contributed by atoms with E-state index in [-0.39, 0.29) is 11.8 Å². The van der Waals surface area contributed by atoms with E-state index < -0.39 is 6.04 Å². The molecule has 0 saturated carbocycles. The van der Waals surface area contributed by atoms with Crippen LogP contribution in [-0.2, 0) is 9.59 Å². The minimum Gasteiger partial charge on any atom is -0.369 e. The second-order valence-corrected chi connectivity index (χ2v) is 9.75. The van der Waals surface area contributed by atoms with Crippen molar-refractivity contribution in [1.29, 1.82) is 5.26 Å². The first kappa shape index (κ1) is 30.1. The lowest BCUT2D eigenvalue weighted by atomic mass is 10.2. The summed E-state index contributed by atoms with van der Waals surface area (Å²) in [5.74, 6) is 7.16. The predicted octanol–water partition coefficient (Wildman–Crippen LogP) is 3.27. The van der Waals surface area contributed by atoms with Crippen LogP contribution in [0.4, 0.5) is 17.5 Å². The summed E-state index contributed by atoms with van der Waals surface area (Å²) < 4.78 is 0. The van der Waals surface area contributed by atoms with Gasteiger partial charge in [0.15, 0.2) is 0 Å². The number of nitrogens with one attached hydrogen (secondary N) is 3. The van der Waals surface area contributed by atoms with Crippen molar-refractivity contribution in [2.24, 2.45) is 0 Å². The van der Waals surface area contributed by atoms with E-state index in [1.165, 1.54) is 0 Å². The minimum absolute atomic E-state index is 0.107. The number of carbonyl (C=O) groups is 2. The van der Waals surface area contributed by atoms with Crippen molar-refractivity contribution in [1.82, 2.24) is 25.1 Å². The van der Waals surface area contributed by atoms with Crippen LogP contribution in [-0.4, -0.2) is 77.9 Å². The minimum atomic E-state index is -0.414. The van der Waals surface area contributed by atoms with Crippen LogP contribution >= 0.6 is 0 Å². The molecule has 2 heterocycles. The zero-order valence-corrected chi connectivity index (χ0v) is 23.5. The molecule has 1 aromatic heterocycles. The summed E-state index contributed by atoms with van der Waals surface area (Å²) in [6.45, 7) is 4.60. The Morgan fingerprint density at radius 2 is 2.02 bits per heavy atom. The first-order valence-electron chi connectivity index (χ1n) is 13.7. The zero-order chi connectivity index (χ0) is 28.7. The summed E-state index contributed by atoms with van der Waals surface area (Å²) in [4.78, 5) is 37.8. The third-order valence-electron chi connectivity index (χ3n) is 6.17. The molecule has 0 bridgehead atoms. The molecule has 3 rings (SSSR count). The van der Waals surface area contributed by atoms with Gasteiger partial charge in [-0.3, -0.25) is 9.59 Å². The van der Waals surface area contributed by atoms with Gasteiger partial charge in [-0.25, -0.2) is 4.98 Å². The fourth-order valence-electron chi connectivity index (χ4n) is 4.10. The first-order valence-corrected chi connectivity index (χ1v) is 13.7. The van der Waals surface area contributed by atoms with Gasteiger partial charge in [0.2, 0.25) is 17.8 Å². The topological polar surface area (TPSA) is 126 Å². The van der Waals surface area contributed by atoms with Gasteiger partial charge in [-0.2, -0.15) is 10.2 Å². The molecule has 3 N–H and O–H groups in total. The summed E-state index contributed by atoms with van der Waals surface area (Å²) in [5.41, 5.74) is 2.07. The molecule has 1 saturated heterocycles. The number of aromatic nitrogens is 2. The fourth-order valence-corrected chi connectivity index (χ4v) is 4.10. The van der Waals surface area contributed by atoms with Crippen LogP contribution in [0.15, 0.2) is 42.6 Å². The number of unbranched alkanes of at least 4 members (excludes halogenated alkanes) is 1. The van der Waals surface area contributed by atoms with E-state index >= 15 is 0 Å². The molecule has 1 aliphatic heterocycles. The molecule has 10 heteroatoms. The van der Waals surface area contributed by atoms with Crippen LogP contribution in [0.25, 0.3) is 0 Å². The van der Waals surface area contributed by atoms with E-state index in [2.05, 4.69) is 50.8 Å². The number of benzene rings is 1. The smallest absolute Gasteiger partial charge is 0.246 e. The second kappa shape index (κ2) is 15.9. The second-order valence-electron chi connectivity index (χ2n) is 9.75. The number of nitriles is 1. The molecule has 2 amide bonds. The maximum absolute atomic E-state index is 12.7. The standard InChI is InChI=1S/C30H38N8O2/c1-4-17-32-28-24(22-34-30(36-28)35-25-15-13-23(21-31)14-16-25)10-6-5-7-18-33-29(40)26-11-8-20-38(26)27(39)12-9-19-37(2)3/h9,12-16,22,26H,4-5,7-8,11,17-20H2,1-3H3,(H,33,40)(H2,32,34,35,36). The average molecular weight is 543 g/mol. The van der Waals surface area contributed by atoms with Gasteiger partial charge in [0, 0.05) is 44.4 Å². The van der Waals surface area contributed by atoms with Crippen molar-refractivity contribution in [2.45, 2.75) is 45.1 Å². The molecule has 2 aromatic rings. The number of likely N-dealkylation sites (N-methyl/N-ethyl adjacent to an activating group) is 1. The van der Waals surface area contributed by atoms with E-state index in [1.54, 1.807) is 41.4 Å². The summed E-state index contributed by atoms with van der Waals surface area (Å²) in [6, 6.07) is 8.76. The number of hydrogen-bond acceptors (Lipinski definition) is 8. The highest BCUT2D eigenvalue weighted by molar-refractivity contribution is 5.93. The largest absolute Gasteiger partial charge is 0.369 e. The summed E-state index contributed by atoms with van der Waals surface area (Å²) in [6.07, 6.45) is 8.80. The van der Waals surface area contributed by atoms with Crippen LogP contribution < -0.4 is 16.0 Å². The fraction of sp³-hybridized carbons (Fsp3) is 0.433. The van der Waals surface area contributed by atoms with Crippen LogP contribution in [0.2, 0.25) is 0 Å². The van der Waals surface area contributed by atoms with Gasteiger partial charge >= 0.3 is 0 Å². The molecular weight excluding hydrogens is 504 g/mol. The highest BCUT2D eigenvalue weighted by atomic mass is 16.2. The Morgan fingerprint density at radius 3 is 2.75 bits per heavy atom. The van der Waals surface area contributed by atoms with Gasteiger partial charge in [-0.1, -0.05) is 24.8 Å². The molecule has 1 aliphatic rings. The molecule has 10 nitrogen and oxygen atoms in total. The number of amides is 2. The molecule has 0 aliphatic carbocycles. The summed E-state index contributed by atoms with van der Waals surface area (Å²) >= 11 is 0. The average Bonchev–Trinajstić information content (AvgIpc) is 3.45. The van der Waals surface area contributed by atoms with Crippen molar-refractivity contribution in [3.05, 3.63) is 53.7 Å². The molecule has 0 radical (unpaired) electrons. The monoisotopic (exact) mass is 542 g/mol. The van der Waals surface area contributed by atoms with Crippen LogP contribution in [0.1, 0.15) is 50.2 Å². The number of likely N-dealkylation sites (tertiary alicyclic amines) is 1. The third kappa shape index (κ3) is 9.40. The van der Waals surface area contributed by atoms with Gasteiger partial charge in [0.1, 0.15) is 11.9 Å². The van der Waals surface area contributed by atoms with Crippen molar-refractivity contribution in [2.75, 3.05) is 50.9 Å². The number of hydrogen-bond donors (Lipinski definition) is 3. The Hall–Kier alpha value is -4.41. The highest BCUT2D eigenvalue weighted by Crippen LogP contribution is 2.19. The normalized spacial score (nSPS) is 14.5. The zero-order valence-electron chi connectivity index (χ0n) is 23.5. The Balaban J connectivity index is 1.50. The quantitative estimate of drug-likeness (QED) is 0.212. The first-order chi connectivity index (χ1) is 19.4. The van der Waals surface area contributed by atoms with Crippen LogP contribution in [0.3, 0.4) is 0 Å². The SMILES string of the molecule is CCCNc1nc(Nc2ccc(C#N)cc2)ncc1C#CCCCNC(=O)C1CCCN1C(=O)C=CCN(C)C. The van der Waals surface area contributed by atoms with Gasteiger partial charge in [-0.05, 0) is 64.0 Å². The van der Waals surface area contributed by atoms with E-state index in [0.29, 0.717) is 61.8 Å². The molecule has 40 heavy (non-hydrogen) atoms. The molecule has 1 aromatic carbocycles. The Kier molecular flexibility index (Phi) is 12.0. The summed E-state index contributed by atoms with van der Waals surface area (Å²) in [7, 11) is 3.88. The Labute approximate surface area is 236 Å².